The quantitative estimate of drug-likeness (QED) is 0.181. The summed E-state index contributed by atoms with van der Waals surface area (Å²) in [5.74, 6) is 0. The van der Waals surface area contributed by atoms with Crippen LogP contribution in [0.15, 0.2) is 199 Å². The summed E-state index contributed by atoms with van der Waals surface area (Å²) < 4.78 is 8.69. The van der Waals surface area contributed by atoms with Gasteiger partial charge in [0.25, 0.3) is 0 Å². The first-order valence-corrected chi connectivity index (χ1v) is 18.1. The molecule has 53 heavy (non-hydrogen) atoms. The molecule has 0 atom stereocenters. The van der Waals surface area contributed by atoms with Gasteiger partial charge in [-0.2, -0.15) is 0 Å². The topological polar surface area (TPSA) is 21.3 Å². The summed E-state index contributed by atoms with van der Waals surface area (Å²) in [5.41, 5.74) is 11.0. The molecular formula is C50H32N2O. The summed E-state index contributed by atoms with van der Waals surface area (Å²) >= 11 is 0. The number of rotatable bonds is 5. The highest BCUT2D eigenvalue weighted by Crippen LogP contribution is 2.44. The Bertz CT molecular complexity index is 3130. The molecule has 9 aromatic carbocycles. The lowest BCUT2D eigenvalue weighted by Gasteiger charge is -2.28. The lowest BCUT2D eigenvalue weighted by atomic mass is 10.00. The van der Waals surface area contributed by atoms with Crippen molar-refractivity contribution in [2.24, 2.45) is 0 Å². The number of furan rings is 1. The van der Waals surface area contributed by atoms with Crippen molar-refractivity contribution >= 4 is 82.4 Å². The predicted octanol–water partition coefficient (Wildman–Crippen LogP) is 14.1. The van der Waals surface area contributed by atoms with Gasteiger partial charge in [-0.3, -0.25) is 0 Å². The van der Waals surface area contributed by atoms with Crippen LogP contribution in [0.4, 0.5) is 17.1 Å². The molecule has 0 saturated heterocycles. The fourth-order valence-corrected chi connectivity index (χ4v) is 8.29. The van der Waals surface area contributed by atoms with Crippen LogP contribution in [0.25, 0.3) is 82.1 Å². The Labute approximate surface area is 306 Å². The molecule has 0 N–H and O–H groups in total. The van der Waals surface area contributed by atoms with Gasteiger partial charge in [-0.05, 0) is 88.6 Å². The molecule has 0 aliphatic carbocycles. The van der Waals surface area contributed by atoms with Crippen molar-refractivity contribution in [3.8, 4) is 16.8 Å². The standard InChI is InChI=1S/C50H32N2O/c1-2-12-35-31-36(22-21-33(35)11-1)34-23-25-37(26-24-34)51(38-27-30-50-44(32-38)43-17-7-10-20-49(43)53-50)47-28-29-48(42-14-4-3-13-41(42)47)52-45-18-8-5-15-39(45)40-16-6-9-19-46(40)52/h1-32H. The second-order valence-corrected chi connectivity index (χ2v) is 13.7. The van der Waals surface area contributed by atoms with Gasteiger partial charge < -0.3 is 13.9 Å². The van der Waals surface area contributed by atoms with E-state index in [1.54, 1.807) is 0 Å². The van der Waals surface area contributed by atoms with Gasteiger partial charge in [0.1, 0.15) is 11.2 Å². The van der Waals surface area contributed by atoms with E-state index < -0.39 is 0 Å². The van der Waals surface area contributed by atoms with Crippen LogP contribution in [0.2, 0.25) is 0 Å². The third-order valence-electron chi connectivity index (χ3n) is 10.8. The minimum Gasteiger partial charge on any atom is -0.456 e. The lowest BCUT2D eigenvalue weighted by molar-refractivity contribution is 0.669. The van der Waals surface area contributed by atoms with Crippen LogP contribution in [0, 0.1) is 0 Å². The monoisotopic (exact) mass is 676 g/mol. The van der Waals surface area contributed by atoms with Crippen molar-refractivity contribution in [3.63, 3.8) is 0 Å². The van der Waals surface area contributed by atoms with Crippen LogP contribution in [0.1, 0.15) is 0 Å². The van der Waals surface area contributed by atoms with Gasteiger partial charge in [0.2, 0.25) is 0 Å². The Balaban J connectivity index is 1.13. The summed E-state index contributed by atoms with van der Waals surface area (Å²) in [5, 5.41) is 9.56. The Morgan fingerprint density at radius 1 is 0.358 bits per heavy atom. The fraction of sp³-hybridized carbons (Fsp3) is 0. The molecule has 0 amide bonds. The van der Waals surface area contributed by atoms with E-state index in [4.69, 9.17) is 4.42 Å². The summed E-state index contributed by atoms with van der Waals surface area (Å²) in [4.78, 5) is 2.39. The van der Waals surface area contributed by atoms with E-state index in [1.807, 2.05) is 12.1 Å². The molecule has 11 rings (SSSR count). The van der Waals surface area contributed by atoms with E-state index in [9.17, 15) is 0 Å². The van der Waals surface area contributed by atoms with Crippen molar-refractivity contribution in [2.45, 2.75) is 0 Å². The smallest absolute Gasteiger partial charge is 0.135 e. The number of para-hydroxylation sites is 3. The van der Waals surface area contributed by atoms with Gasteiger partial charge in [-0.1, -0.05) is 127 Å². The molecule has 2 aromatic heterocycles. The van der Waals surface area contributed by atoms with Crippen LogP contribution in [0.5, 0.6) is 0 Å². The molecule has 2 heterocycles. The maximum atomic E-state index is 6.27. The normalized spacial score (nSPS) is 11.8. The molecule has 0 aliphatic heterocycles. The van der Waals surface area contributed by atoms with Crippen molar-refractivity contribution in [3.05, 3.63) is 194 Å². The maximum absolute atomic E-state index is 6.27. The molecule has 0 bridgehead atoms. The molecule has 248 valence electrons. The highest BCUT2D eigenvalue weighted by Gasteiger charge is 2.21. The largest absolute Gasteiger partial charge is 0.456 e. The average molecular weight is 677 g/mol. The zero-order valence-electron chi connectivity index (χ0n) is 28.8. The first kappa shape index (κ1) is 29.6. The van der Waals surface area contributed by atoms with E-state index >= 15 is 0 Å². The zero-order chi connectivity index (χ0) is 34.9. The second-order valence-electron chi connectivity index (χ2n) is 13.7. The molecule has 0 saturated carbocycles. The van der Waals surface area contributed by atoms with E-state index in [0.717, 1.165) is 44.7 Å². The Kier molecular flexibility index (Phi) is 6.55. The molecule has 0 fully saturated rings. The molecule has 0 aliphatic rings. The minimum atomic E-state index is 0.883. The lowest BCUT2D eigenvalue weighted by Crippen LogP contribution is -2.11. The van der Waals surface area contributed by atoms with Gasteiger partial charge in [0, 0.05) is 43.7 Å². The first-order valence-electron chi connectivity index (χ1n) is 18.1. The fourth-order valence-electron chi connectivity index (χ4n) is 8.29. The van der Waals surface area contributed by atoms with E-state index in [2.05, 4.69) is 191 Å². The molecule has 3 nitrogen and oxygen atoms in total. The van der Waals surface area contributed by atoms with E-state index in [-0.39, 0.29) is 0 Å². The van der Waals surface area contributed by atoms with Crippen LogP contribution in [-0.4, -0.2) is 4.57 Å². The van der Waals surface area contributed by atoms with Crippen molar-refractivity contribution in [1.29, 1.82) is 0 Å². The SMILES string of the molecule is c1ccc2cc(-c3ccc(N(c4ccc5oc6ccccc6c5c4)c4ccc(-n5c6ccccc6c6ccccc65)c5ccccc45)cc3)ccc2c1. The average Bonchev–Trinajstić information content (AvgIpc) is 3.77. The molecule has 11 aromatic rings. The minimum absolute atomic E-state index is 0.883. The number of anilines is 3. The summed E-state index contributed by atoms with van der Waals surface area (Å²) in [7, 11) is 0. The highest BCUT2D eigenvalue weighted by molar-refractivity contribution is 6.12. The number of hydrogen-bond donors (Lipinski definition) is 0. The molecular weight excluding hydrogens is 645 g/mol. The molecule has 0 radical (unpaired) electrons. The number of aromatic nitrogens is 1. The molecule has 0 unspecified atom stereocenters. The molecule has 0 spiro atoms. The number of fused-ring (bicyclic) bond motifs is 8. The first-order chi connectivity index (χ1) is 26.3. The van der Waals surface area contributed by atoms with Crippen LogP contribution < -0.4 is 4.90 Å². The third kappa shape index (κ3) is 4.68. The summed E-state index contributed by atoms with van der Waals surface area (Å²) in [6.07, 6.45) is 0. The Hall–Kier alpha value is -7.10. The highest BCUT2D eigenvalue weighted by atomic mass is 16.3. The van der Waals surface area contributed by atoms with Crippen molar-refractivity contribution in [1.82, 2.24) is 4.57 Å². The number of hydrogen-bond acceptors (Lipinski definition) is 2. The van der Waals surface area contributed by atoms with Crippen LogP contribution in [0.3, 0.4) is 0 Å². The van der Waals surface area contributed by atoms with Crippen molar-refractivity contribution < 1.29 is 4.42 Å². The van der Waals surface area contributed by atoms with Gasteiger partial charge in [-0.25, -0.2) is 0 Å². The summed E-state index contributed by atoms with van der Waals surface area (Å²) in [6, 6.07) is 69.9. The van der Waals surface area contributed by atoms with E-state index in [1.165, 1.54) is 54.5 Å². The van der Waals surface area contributed by atoms with Crippen molar-refractivity contribution in [2.75, 3.05) is 4.90 Å². The van der Waals surface area contributed by atoms with Gasteiger partial charge in [-0.15, -0.1) is 0 Å². The van der Waals surface area contributed by atoms with Crippen LogP contribution >= 0.6 is 0 Å². The summed E-state index contributed by atoms with van der Waals surface area (Å²) in [6.45, 7) is 0. The Morgan fingerprint density at radius 2 is 0.943 bits per heavy atom. The Morgan fingerprint density at radius 3 is 1.72 bits per heavy atom. The second kappa shape index (κ2) is 11.7. The van der Waals surface area contributed by atoms with Gasteiger partial charge in [0.05, 0.1) is 22.4 Å². The van der Waals surface area contributed by atoms with Gasteiger partial charge in [0.15, 0.2) is 0 Å². The zero-order valence-corrected chi connectivity index (χ0v) is 28.8. The number of benzene rings is 9. The van der Waals surface area contributed by atoms with E-state index in [0.29, 0.717) is 0 Å². The number of nitrogens with zero attached hydrogens (tertiary/aromatic N) is 2. The predicted molar refractivity (Wildman–Crippen MR) is 223 cm³/mol. The maximum Gasteiger partial charge on any atom is 0.135 e. The third-order valence-corrected chi connectivity index (χ3v) is 10.8. The molecule has 3 heteroatoms. The van der Waals surface area contributed by atoms with Gasteiger partial charge >= 0.3 is 0 Å². The van der Waals surface area contributed by atoms with Crippen LogP contribution in [-0.2, 0) is 0 Å².